The number of ketones is 1. The maximum Gasteiger partial charge on any atom is 0.240 e. The SMILES string of the molecule is CC(C)(C)C(=O)Cc1nc(-c2ncccn2)no1. The highest BCUT2D eigenvalue weighted by Gasteiger charge is 2.24. The van der Waals surface area contributed by atoms with E-state index in [0.717, 1.165) is 0 Å². The molecule has 0 saturated heterocycles. The predicted octanol–water partition coefficient (Wildman–Crippen LogP) is 1.68. The van der Waals surface area contributed by atoms with Gasteiger partial charge in [0, 0.05) is 17.8 Å². The van der Waals surface area contributed by atoms with Gasteiger partial charge in [-0.25, -0.2) is 9.97 Å². The third kappa shape index (κ3) is 2.77. The summed E-state index contributed by atoms with van der Waals surface area (Å²) in [4.78, 5) is 23.9. The molecule has 0 aromatic carbocycles. The van der Waals surface area contributed by atoms with E-state index in [1.807, 2.05) is 20.8 Å². The Balaban J connectivity index is 2.15. The van der Waals surface area contributed by atoms with Gasteiger partial charge in [0.25, 0.3) is 0 Å². The third-order valence-corrected chi connectivity index (χ3v) is 2.38. The Kier molecular flexibility index (Phi) is 3.18. The number of nitrogens with zero attached hydrogens (tertiary/aromatic N) is 4. The van der Waals surface area contributed by atoms with Gasteiger partial charge in [0.05, 0.1) is 6.42 Å². The van der Waals surface area contributed by atoms with Gasteiger partial charge >= 0.3 is 0 Å². The fourth-order valence-electron chi connectivity index (χ4n) is 1.23. The number of hydrogen-bond donors (Lipinski definition) is 0. The predicted molar refractivity (Wildman–Crippen MR) is 63.5 cm³/mol. The molecule has 18 heavy (non-hydrogen) atoms. The van der Waals surface area contributed by atoms with Gasteiger partial charge < -0.3 is 4.52 Å². The van der Waals surface area contributed by atoms with E-state index in [-0.39, 0.29) is 18.1 Å². The van der Waals surface area contributed by atoms with E-state index in [4.69, 9.17) is 4.52 Å². The van der Waals surface area contributed by atoms with Crippen LogP contribution in [0.15, 0.2) is 23.0 Å². The maximum absolute atomic E-state index is 11.8. The zero-order valence-electron chi connectivity index (χ0n) is 10.5. The molecule has 0 saturated carbocycles. The third-order valence-electron chi connectivity index (χ3n) is 2.38. The number of hydrogen-bond acceptors (Lipinski definition) is 6. The summed E-state index contributed by atoms with van der Waals surface area (Å²) in [6.45, 7) is 5.56. The fraction of sp³-hybridized carbons (Fsp3) is 0.417. The number of rotatable bonds is 3. The zero-order valence-corrected chi connectivity index (χ0v) is 10.5. The first-order valence-electron chi connectivity index (χ1n) is 5.60. The average Bonchev–Trinajstić information content (AvgIpc) is 2.77. The standard InChI is InChI=1S/C12H14N4O2/c1-12(2,3)8(17)7-9-15-11(16-18-9)10-13-5-4-6-14-10/h4-6H,7H2,1-3H3. The normalized spacial score (nSPS) is 11.5. The topological polar surface area (TPSA) is 81.8 Å². The van der Waals surface area contributed by atoms with Crippen LogP contribution in [0.25, 0.3) is 11.6 Å². The molecule has 0 N–H and O–H groups in total. The van der Waals surface area contributed by atoms with Crippen molar-refractivity contribution >= 4 is 5.78 Å². The van der Waals surface area contributed by atoms with Crippen LogP contribution in [-0.2, 0) is 11.2 Å². The van der Waals surface area contributed by atoms with Gasteiger partial charge in [-0.3, -0.25) is 4.79 Å². The van der Waals surface area contributed by atoms with Crippen LogP contribution in [0, 0.1) is 5.41 Å². The minimum Gasteiger partial charge on any atom is -0.338 e. The van der Waals surface area contributed by atoms with Crippen molar-refractivity contribution in [2.45, 2.75) is 27.2 Å². The largest absolute Gasteiger partial charge is 0.338 e. The summed E-state index contributed by atoms with van der Waals surface area (Å²) in [6, 6.07) is 1.70. The lowest BCUT2D eigenvalue weighted by Crippen LogP contribution is -2.22. The minimum absolute atomic E-state index is 0.0479. The molecule has 0 aliphatic heterocycles. The molecule has 0 bridgehead atoms. The molecule has 0 spiro atoms. The average molecular weight is 246 g/mol. The van der Waals surface area contributed by atoms with Gasteiger partial charge in [0.2, 0.25) is 17.5 Å². The number of aromatic nitrogens is 4. The first-order valence-corrected chi connectivity index (χ1v) is 5.60. The Bertz CT molecular complexity index is 543. The quantitative estimate of drug-likeness (QED) is 0.819. The molecular weight excluding hydrogens is 232 g/mol. The van der Waals surface area contributed by atoms with Crippen molar-refractivity contribution in [3.8, 4) is 11.6 Å². The van der Waals surface area contributed by atoms with Gasteiger partial charge in [-0.15, -0.1) is 0 Å². The van der Waals surface area contributed by atoms with Crippen LogP contribution < -0.4 is 0 Å². The highest BCUT2D eigenvalue weighted by atomic mass is 16.5. The molecule has 2 aromatic rings. The van der Waals surface area contributed by atoms with E-state index in [1.54, 1.807) is 18.5 Å². The van der Waals surface area contributed by atoms with Crippen LogP contribution in [0.1, 0.15) is 26.7 Å². The smallest absolute Gasteiger partial charge is 0.240 e. The lowest BCUT2D eigenvalue weighted by molar-refractivity contribution is -0.125. The lowest BCUT2D eigenvalue weighted by atomic mass is 9.89. The van der Waals surface area contributed by atoms with Gasteiger partial charge in [-0.1, -0.05) is 25.9 Å². The van der Waals surface area contributed by atoms with Crippen molar-refractivity contribution in [3.63, 3.8) is 0 Å². The molecular formula is C12H14N4O2. The summed E-state index contributed by atoms with van der Waals surface area (Å²) in [5.74, 6) is 1.02. The summed E-state index contributed by atoms with van der Waals surface area (Å²) in [5.41, 5.74) is -0.419. The monoisotopic (exact) mass is 246 g/mol. The Morgan fingerprint density at radius 2 is 1.89 bits per heavy atom. The summed E-state index contributed by atoms with van der Waals surface area (Å²) in [6.07, 6.45) is 3.32. The van der Waals surface area contributed by atoms with Gasteiger partial charge in [-0.2, -0.15) is 4.98 Å². The second-order valence-corrected chi connectivity index (χ2v) is 4.93. The first-order chi connectivity index (χ1) is 8.47. The highest BCUT2D eigenvalue weighted by Crippen LogP contribution is 2.18. The van der Waals surface area contributed by atoms with Crippen molar-refractivity contribution in [2.75, 3.05) is 0 Å². The van der Waals surface area contributed by atoms with Crippen molar-refractivity contribution in [1.82, 2.24) is 20.1 Å². The van der Waals surface area contributed by atoms with Crippen molar-refractivity contribution in [3.05, 3.63) is 24.4 Å². The summed E-state index contributed by atoms with van der Waals surface area (Å²) >= 11 is 0. The minimum atomic E-state index is -0.419. The van der Waals surface area contributed by atoms with E-state index in [0.29, 0.717) is 11.6 Å². The van der Waals surface area contributed by atoms with Crippen LogP contribution >= 0.6 is 0 Å². The molecule has 2 rings (SSSR count). The molecule has 6 nitrogen and oxygen atoms in total. The molecule has 0 atom stereocenters. The maximum atomic E-state index is 11.8. The Morgan fingerprint density at radius 3 is 2.50 bits per heavy atom. The fourth-order valence-corrected chi connectivity index (χ4v) is 1.23. The summed E-state index contributed by atoms with van der Waals surface area (Å²) in [7, 11) is 0. The lowest BCUT2D eigenvalue weighted by Gasteiger charge is -2.14. The summed E-state index contributed by atoms with van der Waals surface area (Å²) < 4.78 is 5.02. The van der Waals surface area contributed by atoms with Crippen LogP contribution in [0.3, 0.4) is 0 Å². The number of Topliss-reactive ketones (excluding diaryl/α,β-unsaturated/α-hetero) is 1. The van der Waals surface area contributed by atoms with E-state index >= 15 is 0 Å². The Morgan fingerprint density at radius 1 is 1.22 bits per heavy atom. The van der Waals surface area contributed by atoms with Crippen LogP contribution in [0.5, 0.6) is 0 Å². The van der Waals surface area contributed by atoms with E-state index < -0.39 is 5.41 Å². The second kappa shape index (κ2) is 4.64. The van der Waals surface area contributed by atoms with E-state index in [1.165, 1.54) is 0 Å². The molecule has 2 aromatic heterocycles. The molecule has 0 fully saturated rings. The van der Waals surface area contributed by atoms with Crippen LogP contribution in [0.2, 0.25) is 0 Å². The van der Waals surface area contributed by atoms with Crippen molar-refractivity contribution < 1.29 is 9.32 Å². The molecule has 2 heterocycles. The molecule has 94 valence electrons. The molecule has 6 heteroatoms. The highest BCUT2D eigenvalue weighted by molar-refractivity contribution is 5.84. The first kappa shape index (κ1) is 12.3. The van der Waals surface area contributed by atoms with Gasteiger partial charge in [0.1, 0.15) is 5.78 Å². The molecule has 0 amide bonds. The van der Waals surface area contributed by atoms with Crippen molar-refractivity contribution in [2.24, 2.45) is 5.41 Å². The van der Waals surface area contributed by atoms with E-state index in [2.05, 4.69) is 20.1 Å². The van der Waals surface area contributed by atoms with Crippen molar-refractivity contribution in [1.29, 1.82) is 0 Å². The summed E-state index contributed by atoms with van der Waals surface area (Å²) in [5, 5.41) is 3.76. The number of carbonyl (C=O) groups is 1. The van der Waals surface area contributed by atoms with Crippen LogP contribution in [-0.4, -0.2) is 25.9 Å². The second-order valence-electron chi connectivity index (χ2n) is 4.93. The number of carbonyl (C=O) groups excluding carboxylic acids is 1. The van der Waals surface area contributed by atoms with E-state index in [9.17, 15) is 4.79 Å². The Labute approximate surface area is 104 Å². The molecule has 0 aliphatic carbocycles. The molecule has 0 unspecified atom stereocenters. The zero-order chi connectivity index (χ0) is 13.2. The Hall–Kier alpha value is -2.11. The van der Waals surface area contributed by atoms with Gasteiger partial charge in [-0.05, 0) is 6.07 Å². The molecule has 0 aliphatic rings. The van der Waals surface area contributed by atoms with Crippen LogP contribution in [0.4, 0.5) is 0 Å². The van der Waals surface area contributed by atoms with Gasteiger partial charge in [0.15, 0.2) is 0 Å². The molecule has 0 radical (unpaired) electrons.